The SMILES string of the molecule is CCCCOCCSCC1(CC(=O)O)CC1. The van der Waals surface area contributed by atoms with Gasteiger partial charge in [0.15, 0.2) is 0 Å². The number of carbonyl (C=O) groups is 1. The number of aliphatic carboxylic acids is 1. The molecule has 1 N–H and O–H groups in total. The summed E-state index contributed by atoms with van der Waals surface area (Å²) in [6.45, 7) is 3.81. The fraction of sp³-hybridized carbons (Fsp3) is 0.917. The van der Waals surface area contributed by atoms with Crippen molar-refractivity contribution in [1.82, 2.24) is 0 Å². The average molecular weight is 246 g/mol. The van der Waals surface area contributed by atoms with Crippen molar-refractivity contribution in [3.8, 4) is 0 Å². The number of carboxylic acids is 1. The lowest BCUT2D eigenvalue weighted by molar-refractivity contribution is -0.138. The summed E-state index contributed by atoms with van der Waals surface area (Å²) in [7, 11) is 0. The zero-order valence-corrected chi connectivity index (χ0v) is 10.9. The first-order chi connectivity index (χ1) is 7.68. The van der Waals surface area contributed by atoms with Crippen LogP contribution in [0.25, 0.3) is 0 Å². The Morgan fingerprint density at radius 3 is 2.75 bits per heavy atom. The van der Waals surface area contributed by atoms with E-state index in [4.69, 9.17) is 9.84 Å². The molecular weight excluding hydrogens is 224 g/mol. The van der Waals surface area contributed by atoms with Crippen LogP contribution in [0, 0.1) is 5.41 Å². The molecule has 0 atom stereocenters. The van der Waals surface area contributed by atoms with Crippen molar-refractivity contribution in [3.63, 3.8) is 0 Å². The molecule has 94 valence electrons. The van der Waals surface area contributed by atoms with E-state index in [2.05, 4.69) is 6.92 Å². The number of hydrogen-bond donors (Lipinski definition) is 1. The molecule has 1 saturated carbocycles. The molecular formula is C12H22O3S. The van der Waals surface area contributed by atoms with Gasteiger partial charge in [0.25, 0.3) is 0 Å². The van der Waals surface area contributed by atoms with Crippen LogP contribution in [0.4, 0.5) is 0 Å². The van der Waals surface area contributed by atoms with Crippen LogP contribution in [0.2, 0.25) is 0 Å². The van der Waals surface area contributed by atoms with Gasteiger partial charge in [0, 0.05) is 12.4 Å². The Bertz CT molecular complexity index is 214. The van der Waals surface area contributed by atoms with Gasteiger partial charge >= 0.3 is 5.97 Å². The molecule has 0 bridgehead atoms. The number of carboxylic acid groups (broad SMARTS) is 1. The van der Waals surface area contributed by atoms with Crippen LogP contribution < -0.4 is 0 Å². The van der Waals surface area contributed by atoms with Crippen molar-refractivity contribution in [2.24, 2.45) is 5.41 Å². The zero-order chi connectivity index (χ0) is 11.9. The summed E-state index contributed by atoms with van der Waals surface area (Å²) in [5.74, 6) is 1.32. The monoisotopic (exact) mass is 246 g/mol. The van der Waals surface area contributed by atoms with Crippen LogP contribution in [-0.2, 0) is 9.53 Å². The molecule has 1 aliphatic rings. The number of hydrogen-bond acceptors (Lipinski definition) is 3. The first-order valence-corrected chi connectivity index (χ1v) is 7.21. The Morgan fingerprint density at radius 2 is 2.19 bits per heavy atom. The van der Waals surface area contributed by atoms with Gasteiger partial charge in [-0.1, -0.05) is 13.3 Å². The molecule has 1 fully saturated rings. The molecule has 0 heterocycles. The topological polar surface area (TPSA) is 46.5 Å². The smallest absolute Gasteiger partial charge is 0.303 e. The Morgan fingerprint density at radius 1 is 1.44 bits per heavy atom. The third kappa shape index (κ3) is 5.75. The second kappa shape index (κ2) is 7.17. The summed E-state index contributed by atoms with van der Waals surface area (Å²) in [6, 6.07) is 0. The Labute approximate surface area is 102 Å². The molecule has 0 aliphatic heterocycles. The lowest BCUT2D eigenvalue weighted by Gasteiger charge is -2.11. The minimum absolute atomic E-state index is 0.125. The maximum Gasteiger partial charge on any atom is 0.303 e. The number of ether oxygens (including phenoxy) is 1. The largest absolute Gasteiger partial charge is 0.481 e. The molecule has 0 aromatic heterocycles. The maximum absolute atomic E-state index is 10.6. The zero-order valence-electron chi connectivity index (χ0n) is 10.0. The van der Waals surface area contributed by atoms with Crippen molar-refractivity contribution in [1.29, 1.82) is 0 Å². The van der Waals surface area contributed by atoms with Crippen molar-refractivity contribution in [2.75, 3.05) is 24.7 Å². The molecule has 1 rings (SSSR count). The van der Waals surface area contributed by atoms with Gasteiger partial charge in [-0.25, -0.2) is 0 Å². The minimum Gasteiger partial charge on any atom is -0.481 e. The van der Waals surface area contributed by atoms with Crippen LogP contribution in [-0.4, -0.2) is 35.8 Å². The van der Waals surface area contributed by atoms with Crippen LogP contribution in [0.5, 0.6) is 0 Å². The van der Waals surface area contributed by atoms with Crippen LogP contribution in [0.15, 0.2) is 0 Å². The van der Waals surface area contributed by atoms with Gasteiger partial charge in [-0.3, -0.25) is 4.79 Å². The van der Waals surface area contributed by atoms with Crippen LogP contribution in [0.1, 0.15) is 39.0 Å². The van der Waals surface area contributed by atoms with Gasteiger partial charge < -0.3 is 9.84 Å². The van der Waals surface area contributed by atoms with Crippen molar-refractivity contribution in [3.05, 3.63) is 0 Å². The summed E-state index contributed by atoms with van der Waals surface area (Å²) >= 11 is 1.83. The summed E-state index contributed by atoms with van der Waals surface area (Å²) in [5.41, 5.74) is 0.125. The average Bonchev–Trinajstić information content (AvgIpc) is 2.96. The molecule has 0 unspecified atom stereocenters. The number of unbranched alkanes of at least 4 members (excludes halogenated alkanes) is 1. The normalized spacial score (nSPS) is 17.3. The minimum atomic E-state index is -0.655. The predicted octanol–water partition coefficient (Wildman–Crippen LogP) is 2.79. The molecule has 0 saturated heterocycles. The number of rotatable bonds is 10. The fourth-order valence-electron chi connectivity index (χ4n) is 1.62. The molecule has 0 radical (unpaired) electrons. The van der Waals surface area contributed by atoms with E-state index in [0.717, 1.165) is 44.0 Å². The Balaban J connectivity index is 1.93. The molecule has 0 amide bonds. The first-order valence-electron chi connectivity index (χ1n) is 6.06. The molecule has 1 aliphatic carbocycles. The highest BCUT2D eigenvalue weighted by Crippen LogP contribution is 2.50. The first kappa shape index (κ1) is 13.8. The van der Waals surface area contributed by atoms with Gasteiger partial charge in [-0.15, -0.1) is 0 Å². The van der Waals surface area contributed by atoms with Gasteiger partial charge in [0.05, 0.1) is 13.0 Å². The van der Waals surface area contributed by atoms with Crippen molar-refractivity contribution >= 4 is 17.7 Å². The number of thioether (sulfide) groups is 1. The van der Waals surface area contributed by atoms with E-state index in [1.54, 1.807) is 0 Å². The summed E-state index contributed by atoms with van der Waals surface area (Å²) in [4.78, 5) is 10.6. The molecule has 0 aromatic rings. The molecule has 0 spiro atoms. The maximum atomic E-state index is 10.6. The standard InChI is InChI=1S/C12H22O3S/c1-2-3-6-15-7-8-16-10-12(4-5-12)9-11(13)14/h2-10H2,1H3,(H,13,14). The predicted molar refractivity (Wildman–Crippen MR) is 67.0 cm³/mol. The highest BCUT2D eigenvalue weighted by molar-refractivity contribution is 7.99. The molecule has 4 heteroatoms. The quantitative estimate of drug-likeness (QED) is 0.602. The summed E-state index contributed by atoms with van der Waals surface area (Å²) in [5, 5.41) is 8.75. The van der Waals surface area contributed by atoms with E-state index in [-0.39, 0.29) is 5.41 Å². The van der Waals surface area contributed by atoms with Gasteiger partial charge in [0.2, 0.25) is 0 Å². The molecule has 0 aromatic carbocycles. The fourth-order valence-corrected chi connectivity index (χ4v) is 2.83. The second-order valence-corrected chi connectivity index (χ2v) is 5.69. The van der Waals surface area contributed by atoms with Crippen LogP contribution >= 0.6 is 11.8 Å². The van der Waals surface area contributed by atoms with E-state index >= 15 is 0 Å². The second-order valence-electron chi connectivity index (χ2n) is 4.59. The highest BCUT2D eigenvalue weighted by Gasteiger charge is 2.43. The van der Waals surface area contributed by atoms with Crippen molar-refractivity contribution < 1.29 is 14.6 Å². The summed E-state index contributed by atoms with van der Waals surface area (Å²) in [6.07, 6.45) is 4.82. The molecule has 3 nitrogen and oxygen atoms in total. The van der Waals surface area contributed by atoms with Gasteiger partial charge in [-0.2, -0.15) is 11.8 Å². The third-order valence-corrected chi connectivity index (χ3v) is 4.18. The summed E-state index contributed by atoms with van der Waals surface area (Å²) < 4.78 is 5.45. The highest BCUT2D eigenvalue weighted by atomic mass is 32.2. The van der Waals surface area contributed by atoms with Gasteiger partial charge in [0.1, 0.15) is 0 Å². The Hall–Kier alpha value is -0.220. The lowest BCUT2D eigenvalue weighted by atomic mass is 10.1. The van der Waals surface area contributed by atoms with Gasteiger partial charge in [-0.05, 0) is 30.4 Å². The van der Waals surface area contributed by atoms with E-state index in [9.17, 15) is 4.79 Å². The molecule has 16 heavy (non-hydrogen) atoms. The third-order valence-electron chi connectivity index (χ3n) is 2.91. The van der Waals surface area contributed by atoms with Crippen LogP contribution in [0.3, 0.4) is 0 Å². The van der Waals surface area contributed by atoms with E-state index in [0.29, 0.717) is 6.42 Å². The van der Waals surface area contributed by atoms with E-state index < -0.39 is 5.97 Å². The van der Waals surface area contributed by atoms with E-state index in [1.807, 2.05) is 11.8 Å². The lowest BCUT2D eigenvalue weighted by Crippen LogP contribution is -2.12. The Kier molecular flexibility index (Phi) is 6.21. The van der Waals surface area contributed by atoms with E-state index in [1.165, 1.54) is 6.42 Å². The van der Waals surface area contributed by atoms with Crippen molar-refractivity contribution in [2.45, 2.75) is 39.0 Å².